The highest BCUT2D eigenvalue weighted by molar-refractivity contribution is 5.35. The molecule has 0 bridgehead atoms. The number of ether oxygens (including phenoxy) is 1. The van der Waals surface area contributed by atoms with Crippen LogP contribution in [0.25, 0.3) is 0 Å². The molecule has 0 aliphatic heterocycles. The molecule has 2 aromatic heterocycles. The SMILES string of the molecule is COc1cnn(CCN(C)C)c1C(N)c1ccncc1. The van der Waals surface area contributed by atoms with Crippen molar-refractivity contribution in [3.05, 3.63) is 42.0 Å². The Morgan fingerprint density at radius 3 is 2.65 bits per heavy atom. The summed E-state index contributed by atoms with van der Waals surface area (Å²) in [6.45, 7) is 1.66. The van der Waals surface area contributed by atoms with Crippen molar-refractivity contribution in [2.45, 2.75) is 12.6 Å². The fourth-order valence-electron chi connectivity index (χ4n) is 2.05. The minimum atomic E-state index is -0.280. The van der Waals surface area contributed by atoms with Crippen LogP contribution in [0, 0.1) is 0 Å². The molecule has 0 amide bonds. The zero-order valence-corrected chi connectivity index (χ0v) is 12.2. The van der Waals surface area contributed by atoms with Crippen molar-refractivity contribution in [1.29, 1.82) is 0 Å². The fraction of sp³-hybridized carbons (Fsp3) is 0.429. The van der Waals surface area contributed by atoms with E-state index in [1.165, 1.54) is 0 Å². The summed E-state index contributed by atoms with van der Waals surface area (Å²) in [6, 6.07) is 3.54. The number of pyridine rings is 1. The van der Waals surface area contributed by atoms with Gasteiger partial charge in [0.1, 0.15) is 5.69 Å². The Balaban J connectivity index is 2.30. The summed E-state index contributed by atoms with van der Waals surface area (Å²) in [5.74, 6) is 0.716. The number of hydrogen-bond donors (Lipinski definition) is 1. The van der Waals surface area contributed by atoms with Crippen LogP contribution in [0.4, 0.5) is 0 Å². The van der Waals surface area contributed by atoms with Gasteiger partial charge in [-0.3, -0.25) is 9.67 Å². The average molecular weight is 275 g/mol. The molecule has 20 heavy (non-hydrogen) atoms. The molecule has 1 unspecified atom stereocenters. The minimum Gasteiger partial charge on any atom is -0.493 e. The maximum absolute atomic E-state index is 6.36. The Hall–Kier alpha value is -1.92. The quantitative estimate of drug-likeness (QED) is 0.848. The second-order valence-electron chi connectivity index (χ2n) is 4.88. The molecule has 2 N–H and O–H groups in total. The molecule has 0 saturated heterocycles. The number of rotatable bonds is 6. The second kappa shape index (κ2) is 6.49. The van der Waals surface area contributed by atoms with Crippen LogP contribution < -0.4 is 10.5 Å². The smallest absolute Gasteiger partial charge is 0.161 e. The third-order valence-electron chi connectivity index (χ3n) is 3.18. The summed E-state index contributed by atoms with van der Waals surface area (Å²) in [5.41, 5.74) is 8.24. The van der Waals surface area contributed by atoms with Crippen molar-refractivity contribution in [2.75, 3.05) is 27.7 Å². The van der Waals surface area contributed by atoms with Crippen LogP contribution >= 0.6 is 0 Å². The minimum absolute atomic E-state index is 0.280. The number of methoxy groups -OCH3 is 1. The molecule has 0 aliphatic carbocycles. The maximum Gasteiger partial charge on any atom is 0.161 e. The Kier molecular flexibility index (Phi) is 4.70. The largest absolute Gasteiger partial charge is 0.493 e. The normalized spacial score (nSPS) is 12.7. The summed E-state index contributed by atoms with van der Waals surface area (Å²) >= 11 is 0. The molecule has 0 aromatic carbocycles. The average Bonchev–Trinajstić information content (AvgIpc) is 2.88. The van der Waals surface area contributed by atoms with Gasteiger partial charge in [0.2, 0.25) is 0 Å². The molecule has 0 fully saturated rings. The van der Waals surface area contributed by atoms with Crippen LogP contribution in [-0.4, -0.2) is 47.4 Å². The van der Waals surface area contributed by atoms with Crippen LogP contribution in [0.15, 0.2) is 30.7 Å². The van der Waals surface area contributed by atoms with Crippen molar-refractivity contribution >= 4 is 0 Å². The van der Waals surface area contributed by atoms with E-state index in [0.29, 0.717) is 5.75 Å². The highest BCUT2D eigenvalue weighted by Gasteiger charge is 2.20. The molecule has 0 aliphatic rings. The van der Waals surface area contributed by atoms with E-state index in [2.05, 4.69) is 15.0 Å². The second-order valence-corrected chi connectivity index (χ2v) is 4.88. The predicted molar refractivity (Wildman–Crippen MR) is 77.6 cm³/mol. The van der Waals surface area contributed by atoms with E-state index in [1.54, 1.807) is 25.7 Å². The van der Waals surface area contributed by atoms with Crippen molar-refractivity contribution in [1.82, 2.24) is 19.7 Å². The first kappa shape index (κ1) is 14.5. The lowest BCUT2D eigenvalue weighted by molar-refractivity contribution is 0.363. The Morgan fingerprint density at radius 2 is 2.05 bits per heavy atom. The summed E-state index contributed by atoms with van der Waals surface area (Å²) in [6.07, 6.45) is 5.19. The van der Waals surface area contributed by atoms with Crippen molar-refractivity contribution in [3.8, 4) is 5.75 Å². The summed E-state index contributed by atoms with van der Waals surface area (Å²) in [5, 5.41) is 4.37. The van der Waals surface area contributed by atoms with Crippen LogP contribution in [0.1, 0.15) is 17.3 Å². The van der Waals surface area contributed by atoms with Gasteiger partial charge >= 0.3 is 0 Å². The van der Waals surface area contributed by atoms with Crippen molar-refractivity contribution in [3.63, 3.8) is 0 Å². The van der Waals surface area contributed by atoms with E-state index in [4.69, 9.17) is 10.5 Å². The lowest BCUT2D eigenvalue weighted by atomic mass is 10.1. The molecule has 2 aromatic rings. The van der Waals surface area contributed by atoms with E-state index in [0.717, 1.165) is 24.3 Å². The highest BCUT2D eigenvalue weighted by Crippen LogP contribution is 2.27. The predicted octanol–water partition coefficient (Wildman–Crippen LogP) is 0.896. The van der Waals surface area contributed by atoms with Crippen LogP contribution in [-0.2, 0) is 6.54 Å². The molecule has 0 spiro atoms. The lowest BCUT2D eigenvalue weighted by Gasteiger charge is -2.17. The molecule has 1 atom stereocenters. The molecule has 6 heteroatoms. The number of likely N-dealkylation sites (N-methyl/N-ethyl adjacent to an activating group) is 1. The molecule has 2 heterocycles. The van der Waals surface area contributed by atoms with E-state index in [9.17, 15) is 0 Å². The van der Waals surface area contributed by atoms with Gasteiger partial charge in [0.25, 0.3) is 0 Å². The number of hydrogen-bond acceptors (Lipinski definition) is 5. The van der Waals surface area contributed by atoms with Gasteiger partial charge in [-0.2, -0.15) is 5.10 Å². The Labute approximate surface area is 119 Å². The molecule has 6 nitrogen and oxygen atoms in total. The Morgan fingerprint density at radius 1 is 1.35 bits per heavy atom. The molecular weight excluding hydrogens is 254 g/mol. The van der Waals surface area contributed by atoms with Crippen LogP contribution in [0.3, 0.4) is 0 Å². The summed E-state index contributed by atoms with van der Waals surface area (Å²) in [7, 11) is 5.70. The maximum atomic E-state index is 6.36. The fourth-order valence-corrected chi connectivity index (χ4v) is 2.05. The molecule has 2 rings (SSSR count). The third kappa shape index (κ3) is 3.15. The van der Waals surface area contributed by atoms with Gasteiger partial charge in [0, 0.05) is 18.9 Å². The first-order valence-electron chi connectivity index (χ1n) is 6.53. The van der Waals surface area contributed by atoms with Gasteiger partial charge in [0.05, 0.1) is 25.9 Å². The standard InChI is InChI=1S/C14H21N5O/c1-18(2)8-9-19-14(12(20-3)10-17-19)13(15)11-4-6-16-7-5-11/h4-7,10,13H,8-9,15H2,1-3H3. The number of aromatic nitrogens is 3. The monoisotopic (exact) mass is 275 g/mol. The zero-order valence-electron chi connectivity index (χ0n) is 12.2. The topological polar surface area (TPSA) is 69.2 Å². The van der Waals surface area contributed by atoms with Crippen molar-refractivity contribution in [2.24, 2.45) is 5.73 Å². The van der Waals surface area contributed by atoms with Crippen LogP contribution in [0.5, 0.6) is 5.75 Å². The molecule has 0 radical (unpaired) electrons. The van der Waals surface area contributed by atoms with Crippen molar-refractivity contribution < 1.29 is 4.74 Å². The van der Waals surface area contributed by atoms with E-state index >= 15 is 0 Å². The number of nitrogens with zero attached hydrogens (tertiary/aromatic N) is 4. The van der Waals surface area contributed by atoms with Gasteiger partial charge in [-0.25, -0.2) is 0 Å². The van der Waals surface area contributed by atoms with E-state index < -0.39 is 0 Å². The van der Waals surface area contributed by atoms with E-state index in [1.807, 2.05) is 30.9 Å². The Bertz CT molecular complexity index is 538. The number of nitrogens with two attached hydrogens (primary N) is 1. The van der Waals surface area contributed by atoms with Gasteiger partial charge < -0.3 is 15.4 Å². The van der Waals surface area contributed by atoms with Gasteiger partial charge in [-0.05, 0) is 31.8 Å². The summed E-state index contributed by atoms with van der Waals surface area (Å²) in [4.78, 5) is 6.12. The highest BCUT2D eigenvalue weighted by atomic mass is 16.5. The van der Waals surface area contributed by atoms with E-state index in [-0.39, 0.29) is 6.04 Å². The molecular formula is C14H21N5O. The first-order valence-corrected chi connectivity index (χ1v) is 6.53. The molecule has 0 saturated carbocycles. The van der Waals surface area contributed by atoms with Gasteiger partial charge in [-0.1, -0.05) is 0 Å². The lowest BCUT2D eigenvalue weighted by Crippen LogP contribution is -2.23. The van der Waals surface area contributed by atoms with Gasteiger partial charge in [-0.15, -0.1) is 0 Å². The summed E-state index contributed by atoms with van der Waals surface area (Å²) < 4.78 is 7.29. The van der Waals surface area contributed by atoms with Crippen LogP contribution in [0.2, 0.25) is 0 Å². The zero-order chi connectivity index (χ0) is 14.5. The van der Waals surface area contributed by atoms with Gasteiger partial charge in [0.15, 0.2) is 5.75 Å². The first-order chi connectivity index (χ1) is 9.63. The molecule has 108 valence electrons. The third-order valence-corrected chi connectivity index (χ3v) is 3.18.